The number of rotatable bonds is 7. The predicted octanol–water partition coefficient (Wildman–Crippen LogP) is 3.71. The number of hydrogen-bond donors (Lipinski definition) is 1. The van der Waals surface area contributed by atoms with Crippen molar-refractivity contribution in [1.82, 2.24) is 9.76 Å². The van der Waals surface area contributed by atoms with Gasteiger partial charge in [-0.25, -0.2) is 4.52 Å². The van der Waals surface area contributed by atoms with Crippen LogP contribution in [0.15, 0.2) is 38.3 Å². The van der Waals surface area contributed by atoms with E-state index in [0.29, 0.717) is 0 Å². The molecule has 0 spiro atoms. The van der Waals surface area contributed by atoms with Crippen LogP contribution < -0.4 is 5.09 Å². The van der Waals surface area contributed by atoms with Crippen molar-refractivity contribution in [1.29, 1.82) is 0 Å². The van der Waals surface area contributed by atoms with Gasteiger partial charge >= 0.3 is 12.3 Å². The molecule has 1 unspecified atom stereocenters. The number of halogens is 5. The van der Waals surface area contributed by atoms with Crippen LogP contribution in [0.4, 0.5) is 22.0 Å². The molecular formula is C8H10F5N2OP. The molecule has 0 saturated heterocycles. The molecule has 0 aromatic rings. The molecule has 3 nitrogen and oxygen atoms in total. The first-order chi connectivity index (χ1) is 7.69. The first-order valence-corrected chi connectivity index (χ1v) is 5.25. The molecule has 1 N–H and O–H groups in total. The Morgan fingerprint density at radius 1 is 1.06 bits per heavy atom. The lowest BCUT2D eigenvalue weighted by molar-refractivity contribution is -0.360. The van der Waals surface area contributed by atoms with E-state index in [0.717, 1.165) is 23.3 Å². The minimum absolute atomic E-state index is 0.844. The Labute approximate surface area is 96.2 Å². The van der Waals surface area contributed by atoms with Crippen LogP contribution in [-0.2, 0) is 4.52 Å². The number of nitrogens with zero attached hydrogens (tertiary/aromatic N) is 1. The minimum atomic E-state index is -5.80. The molecule has 0 saturated carbocycles. The van der Waals surface area contributed by atoms with Gasteiger partial charge in [0.05, 0.1) is 0 Å². The molecule has 0 aliphatic heterocycles. The molecular weight excluding hydrogens is 266 g/mol. The maximum Gasteiger partial charge on any atom is 0.483 e. The molecule has 0 amide bonds. The van der Waals surface area contributed by atoms with E-state index in [1.807, 2.05) is 0 Å². The molecule has 0 radical (unpaired) electrons. The maximum absolute atomic E-state index is 12.6. The second-order valence-electron chi connectivity index (χ2n) is 2.46. The smallest absolute Gasteiger partial charge is 0.332 e. The Hall–Kier alpha value is -1.14. The number of nitrogens with one attached hydrogen (secondary N) is 1. The van der Waals surface area contributed by atoms with Crippen molar-refractivity contribution in [3.05, 3.63) is 38.3 Å². The van der Waals surface area contributed by atoms with Crippen LogP contribution in [0, 0.1) is 0 Å². The van der Waals surface area contributed by atoms with Gasteiger partial charge in [0.15, 0.2) is 0 Å². The summed E-state index contributed by atoms with van der Waals surface area (Å²) < 4.78 is 65.6. The lowest BCUT2D eigenvalue weighted by atomic mass is 10.6. The van der Waals surface area contributed by atoms with E-state index < -0.39 is 20.7 Å². The highest BCUT2D eigenvalue weighted by molar-refractivity contribution is 7.48. The summed E-state index contributed by atoms with van der Waals surface area (Å²) in [5, 5.41) is 2.12. The molecule has 0 rings (SSSR count). The zero-order valence-corrected chi connectivity index (χ0v) is 9.44. The molecule has 0 heterocycles. The van der Waals surface area contributed by atoms with E-state index >= 15 is 0 Å². The molecule has 9 heteroatoms. The highest BCUT2D eigenvalue weighted by atomic mass is 31.2. The average Bonchev–Trinajstić information content (AvgIpc) is 2.17. The van der Waals surface area contributed by atoms with Crippen LogP contribution in [0.5, 0.6) is 0 Å². The van der Waals surface area contributed by atoms with Gasteiger partial charge in [-0.15, -0.1) is 0 Å². The highest BCUT2D eigenvalue weighted by Gasteiger charge is 2.61. The summed E-state index contributed by atoms with van der Waals surface area (Å²) in [6.45, 7) is 9.58. The minimum Gasteiger partial charge on any atom is -0.332 e. The van der Waals surface area contributed by atoms with Gasteiger partial charge in [-0.2, -0.15) is 22.0 Å². The summed E-state index contributed by atoms with van der Waals surface area (Å²) >= 11 is 0. The maximum atomic E-state index is 12.6. The van der Waals surface area contributed by atoms with Gasteiger partial charge in [-0.1, -0.05) is 19.7 Å². The van der Waals surface area contributed by atoms with Crippen LogP contribution in [-0.4, -0.2) is 17.0 Å². The van der Waals surface area contributed by atoms with E-state index in [-0.39, 0.29) is 0 Å². The summed E-state index contributed by atoms with van der Waals surface area (Å²) in [7, 11) is -2.52. The summed E-state index contributed by atoms with van der Waals surface area (Å²) in [5.74, 6) is 0. The first-order valence-electron chi connectivity index (χ1n) is 4.04. The highest BCUT2D eigenvalue weighted by Crippen LogP contribution is 2.48. The van der Waals surface area contributed by atoms with E-state index in [4.69, 9.17) is 0 Å². The normalized spacial score (nSPS) is 13.7. The van der Waals surface area contributed by atoms with E-state index in [9.17, 15) is 22.0 Å². The quantitative estimate of drug-likeness (QED) is 0.566. The molecule has 0 aromatic heterocycles. The molecule has 98 valence electrons. The number of hydrogen-bond acceptors (Lipinski definition) is 3. The SMILES string of the molecule is C=CNP(OC(F)(F)C(F)(F)F)N(C=C)C=C. The summed E-state index contributed by atoms with van der Waals surface area (Å²) in [6, 6.07) is 0. The fourth-order valence-electron chi connectivity index (χ4n) is 0.601. The monoisotopic (exact) mass is 276 g/mol. The molecule has 0 aromatic carbocycles. The van der Waals surface area contributed by atoms with Crippen molar-refractivity contribution in [2.45, 2.75) is 12.3 Å². The van der Waals surface area contributed by atoms with Crippen molar-refractivity contribution in [3.63, 3.8) is 0 Å². The third-order valence-electron chi connectivity index (χ3n) is 1.32. The zero-order valence-electron chi connectivity index (χ0n) is 8.55. The second-order valence-corrected chi connectivity index (χ2v) is 3.91. The van der Waals surface area contributed by atoms with Crippen molar-refractivity contribution in [2.75, 3.05) is 0 Å². The Kier molecular flexibility index (Phi) is 5.57. The standard InChI is InChI=1S/C8H10F5N2OP/c1-4-14-17(15(5-2)6-3)16-8(12,13)7(9,10)11/h4-6,14H,1-3H2. The van der Waals surface area contributed by atoms with Crippen LogP contribution in [0.3, 0.4) is 0 Å². The third kappa shape index (κ3) is 4.32. The van der Waals surface area contributed by atoms with Crippen LogP contribution >= 0.6 is 8.45 Å². The zero-order chi connectivity index (χ0) is 13.7. The molecule has 17 heavy (non-hydrogen) atoms. The lowest BCUT2D eigenvalue weighted by Crippen LogP contribution is -2.39. The Balaban J connectivity index is 4.92. The van der Waals surface area contributed by atoms with Gasteiger partial charge in [0, 0.05) is 12.4 Å². The van der Waals surface area contributed by atoms with E-state index in [2.05, 4.69) is 29.3 Å². The Bertz CT molecular complexity index is 286. The number of alkyl halides is 5. The van der Waals surface area contributed by atoms with Gasteiger partial charge in [-0.05, 0) is 6.20 Å². The summed E-state index contributed by atoms with van der Waals surface area (Å²) in [5.41, 5.74) is 0. The van der Waals surface area contributed by atoms with Crippen molar-refractivity contribution in [3.8, 4) is 0 Å². The summed E-state index contributed by atoms with van der Waals surface area (Å²) in [4.78, 5) is 0. The fourth-order valence-corrected chi connectivity index (χ4v) is 1.66. The van der Waals surface area contributed by atoms with Crippen molar-refractivity contribution >= 4 is 8.45 Å². The van der Waals surface area contributed by atoms with E-state index in [1.54, 1.807) is 0 Å². The van der Waals surface area contributed by atoms with Crippen molar-refractivity contribution in [2.24, 2.45) is 0 Å². The fraction of sp³-hybridized carbons (Fsp3) is 0.250. The molecule has 0 fully saturated rings. The van der Waals surface area contributed by atoms with Crippen molar-refractivity contribution < 1.29 is 26.5 Å². The second kappa shape index (κ2) is 5.97. The van der Waals surface area contributed by atoms with Gasteiger partial charge < -0.3 is 5.09 Å². The topological polar surface area (TPSA) is 24.5 Å². The van der Waals surface area contributed by atoms with Gasteiger partial charge in [0.2, 0.25) is 0 Å². The average molecular weight is 276 g/mol. The molecule has 1 atom stereocenters. The first kappa shape index (κ1) is 15.9. The van der Waals surface area contributed by atoms with Crippen LogP contribution in [0.1, 0.15) is 0 Å². The van der Waals surface area contributed by atoms with Crippen LogP contribution in [0.2, 0.25) is 0 Å². The van der Waals surface area contributed by atoms with Crippen LogP contribution in [0.25, 0.3) is 0 Å². The summed E-state index contributed by atoms with van der Waals surface area (Å²) in [6.07, 6.45) is -8.18. The van der Waals surface area contributed by atoms with Gasteiger partial charge in [0.25, 0.3) is 8.45 Å². The Morgan fingerprint density at radius 2 is 1.53 bits per heavy atom. The van der Waals surface area contributed by atoms with Gasteiger partial charge in [0.1, 0.15) is 0 Å². The predicted molar refractivity (Wildman–Crippen MR) is 54.6 cm³/mol. The molecule has 0 aliphatic carbocycles. The molecule has 0 aliphatic rings. The van der Waals surface area contributed by atoms with E-state index in [1.165, 1.54) is 0 Å². The largest absolute Gasteiger partial charge is 0.483 e. The van der Waals surface area contributed by atoms with Gasteiger partial charge in [-0.3, -0.25) is 4.67 Å². The lowest BCUT2D eigenvalue weighted by Gasteiger charge is -2.29. The molecule has 0 bridgehead atoms. The Morgan fingerprint density at radius 3 is 1.82 bits per heavy atom. The third-order valence-corrected chi connectivity index (χ3v) is 2.87.